The van der Waals surface area contributed by atoms with E-state index >= 15 is 0 Å². The summed E-state index contributed by atoms with van der Waals surface area (Å²) >= 11 is 9.28. The zero-order chi connectivity index (χ0) is 22.9. The minimum absolute atomic E-state index is 0.00409. The van der Waals surface area contributed by atoms with Crippen molar-refractivity contribution in [2.24, 2.45) is 4.99 Å². The molecule has 2 aliphatic rings. The van der Waals surface area contributed by atoms with Gasteiger partial charge in [0.25, 0.3) is 5.91 Å². The van der Waals surface area contributed by atoms with Crippen LogP contribution in [0.3, 0.4) is 0 Å². The minimum atomic E-state index is -0.00409. The highest BCUT2D eigenvalue weighted by Gasteiger charge is 2.39. The second kappa shape index (κ2) is 9.29. The lowest BCUT2D eigenvalue weighted by atomic mass is 10.1. The van der Waals surface area contributed by atoms with Gasteiger partial charge in [-0.15, -0.1) is 0 Å². The molecule has 0 aromatic heterocycles. The quantitative estimate of drug-likeness (QED) is 0.373. The van der Waals surface area contributed by atoms with Crippen molar-refractivity contribution in [1.29, 1.82) is 0 Å². The lowest BCUT2D eigenvalue weighted by molar-refractivity contribution is -0.122. The van der Waals surface area contributed by atoms with Gasteiger partial charge < -0.3 is 4.90 Å². The highest BCUT2D eigenvalue weighted by molar-refractivity contribution is 8.19. The molecule has 0 unspecified atom stereocenters. The fourth-order valence-corrected chi connectivity index (χ4v) is 6.34. The Kier molecular flexibility index (Phi) is 6.23. The predicted molar refractivity (Wildman–Crippen MR) is 140 cm³/mol. The Bertz CT molecular complexity index is 1290. The average Bonchev–Trinajstić information content (AvgIpc) is 3.29. The minimum Gasteiger partial charge on any atom is -0.337 e. The molecule has 3 aromatic rings. The number of carbonyl (C=O) groups excluding carboxylic acids is 1. The van der Waals surface area contributed by atoms with Gasteiger partial charge in [0.1, 0.15) is 4.91 Å². The third kappa shape index (κ3) is 4.56. The van der Waals surface area contributed by atoms with Crippen LogP contribution in [0, 0.1) is 6.92 Å². The second-order valence-corrected chi connectivity index (χ2v) is 10.4. The van der Waals surface area contributed by atoms with Gasteiger partial charge in [0.05, 0.1) is 16.4 Å². The Morgan fingerprint density at radius 2 is 1.79 bits per heavy atom. The third-order valence-corrected chi connectivity index (χ3v) is 8.21. The van der Waals surface area contributed by atoms with Crippen molar-refractivity contribution in [2.45, 2.75) is 18.2 Å². The van der Waals surface area contributed by atoms with Crippen LogP contribution >= 0.6 is 35.1 Å². The van der Waals surface area contributed by atoms with Gasteiger partial charge in [-0.05, 0) is 66.6 Å². The summed E-state index contributed by atoms with van der Waals surface area (Å²) in [6.45, 7) is 2.62. The molecular weight excluding hydrogens is 470 g/mol. The van der Waals surface area contributed by atoms with E-state index in [0.29, 0.717) is 21.6 Å². The van der Waals surface area contributed by atoms with Crippen LogP contribution in [-0.4, -0.2) is 29.6 Å². The zero-order valence-electron chi connectivity index (χ0n) is 18.3. The molecule has 0 saturated carbocycles. The van der Waals surface area contributed by atoms with E-state index in [1.54, 1.807) is 11.8 Å². The number of aliphatic imine (C=N–C) groups is 1. The molecule has 0 N–H and O–H groups in total. The van der Waals surface area contributed by atoms with Crippen molar-refractivity contribution >= 4 is 57.6 Å². The van der Waals surface area contributed by atoms with E-state index in [2.05, 4.69) is 17.0 Å². The number of anilines is 1. The van der Waals surface area contributed by atoms with E-state index in [9.17, 15) is 4.79 Å². The van der Waals surface area contributed by atoms with E-state index in [-0.39, 0.29) is 5.91 Å². The molecular formula is C26H22ClN3OS2. The Hall–Kier alpha value is -2.67. The van der Waals surface area contributed by atoms with Crippen LogP contribution in [0.15, 0.2) is 92.6 Å². The molecule has 0 radical (unpaired) electrons. The monoisotopic (exact) mass is 491 g/mol. The summed E-state index contributed by atoms with van der Waals surface area (Å²) in [4.78, 5) is 24.2. The van der Waals surface area contributed by atoms with Crippen molar-refractivity contribution in [3.8, 4) is 0 Å². The highest BCUT2D eigenvalue weighted by Crippen LogP contribution is 2.50. The fraction of sp³-hybridized carbons (Fsp3) is 0.154. The molecule has 2 aliphatic heterocycles. The molecule has 1 fully saturated rings. The van der Waals surface area contributed by atoms with Crippen LogP contribution in [0.4, 0.5) is 11.4 Å². The highest BCUT2D eigenvalue weighted by atomic mass is 35.5. The number of hydrogen-bond acceptors (Lipinski definition) is 5. The molecule has 4 nitrogen and oxygen atoms in total. The number of fused-ring (bicyclic) bond motifs is 1. The Morgan fingerprint density at radius 1 is 0.970 bits per heavy atom. The molecule has 1 saturated heterocycles. The summed E-state index contributed by atoms with van der Waals surface area (Å²) in [7, 11) is 1.98. The second-order valence-electron chi connectivity index (χ2n) is 7.94. The number of benzene rings is 3. The van der Waals surface area contributed by atoms with E-state index in [0.717, 1.165) is 33.3 Å². The number of halogens is 1. The number of amidine groups is 1. The van der Waals surface area contributed by atoms with E-state index in [1.165, 1.54) is 17.3 Å². The summed E-state index contributed by atoms with van der Waals surface area (Å²) in [5.74, 6) is -0.00409. The number of aryl methyl sites for hydroxylation is 1. The molecule has 0 aliphatic carbocycles. The normalized spacial score (nSPS) is 19.0. The summed E-state index contributed by atoms with van der Waals surface area (Å²) in [5.41, 5.74) is 4.20. The van der Waals surface area contributed by atoms with Crippen LogP contribution in [0.1, 0.15) is 11.1 Å². The first-order chi connectivity index (χ1) is 16.0. The van der Waals surface area contributed by atoms with Crippen LogP contribution in [0.2, 0.25) is 5.02 Å². The number of hydrogen-bond donors (Lipinski definition) is 0. The fourth-order valence-electron chi connectivity index (χ4n) is 3.83. The Balaban J connectivity index is 1.51. The lowest BCUT2D eigenvalue weighted by Crippen LogP contribution is -2.31. The molecule has 1 amide bonds. The van der Waals surface area contributed by atoms with Crippen LogP contribution in [0.5, 0.6) is 0 Å². The van der Waals surface area contributed by atoms with Gasteiger partial charge in [-0.3, -0.25) is 9.69 Å². The van der Waals surface area contributed by atoms with Gasteiger partial charge in [-0.1, -0.05) is 65.8 Å². The molecule has 33 heavy (non-hydrogen) atoms. The number of thioether (sulfide) groups is 2. The molecule has 0 atom stereocenters. The Morgan fingerprint density at radius 3 is 2.58 bits per heavy atom. The molecule has 3 aromatic carbocycles. The Labute approximate surface area is 207 Å². The van der Waals surface area contributed by atoms with Crippen molar-refractivity contribution < 1.29 is 4.79 Å². The maximum Gasteiger partial charge on any atom is 0.269 e. The first kappa shape index (κ1) is 22.1. The SMILES string of the molecule is Cc1cccc(N=C2SC(=C3Sc4ccc(Cl)cc4N3C)C(=O)N2CCc2ccccc2)c1. The maximum absolute atomic E-state index is 13.6. The van der Waals surface area contributed by atoms with Gasteiger partial charge in [0, 0.05) is 23.5 Å². The van der Waals surface area contributed by atoms with Crippen LogP contribution in [-0.2, 0) is 11.2 Å². The standard InChI is InChI=1S/C26H22ClN3OS2/c1-17-7-6-10-20(15-17)28-26-30(14-13-18-8-4-3-5-9-18)24(31)23(33-26)25-29(2)21-16-19(27)11-12-22(21)32-25/h3-12,15-16H,13-14H2,1-2H3. The van der Waals surface area contributed by atoms with Crippen LogP contribution in [0.25, 0.3) is 0 Å². The zero-order valence-corrected chi connectivity index (χ0v) is 20.7. The van der Waals surface area contributed by atoms with Crippen molar-refractivity contribution in [3.05, 3.63) is 98.9 Å². The maximum atomic E-state index is 13.6. The van der Waals surface area contributed by atoms with Crippen LogP contribution < -0.4 is 4.90 Å². The van der Waals surface area contributed by atoms with Gasteiger partial charge in [0.15, 0.2) is 5.17 Å². The van der Waals surface area contributed by atoms with E-state index in [1.807, 2.05) is 79.5 Å². The van der Waals surface area contributed by atoms with Gasteiger partial charge in [-0.2, -0.15) is 0 Å². The summed E-state index contributed by atoms with van der Waals surface area (Å²) in [5, 5.41) is 2.32. The summed E-state index contributed by atoms with van der Waals surface area (Å²) < 4.78 is 0. The van der Waals surface area contributed by atoms with Crippen molar-refractivity contribution in [1.82, 2.24) is 4.90 Å². The average molecular weight is 492 g/mol. The smallest absolute Gasteiger partial charge is 0.269 e. The molecule has 166 valence electrons. The third-order valence-electron chi connectivity index (χ3n) is 5.54. The summed E-state index contributed by atoms with van der Waals surface area (Å²) in [6, 6.07) is 24.1. The first-order valence-electron chi connectivity index (χ1n) is 10.6. The molecule has 2 heterocycles. The number of rotatable bonds is 4. The number of amides is 1. The van der Waals surface area contributed by atoms with Crippen molar-refractivity contribution in [3.63, 3.8) is 0 Å². The first-order valence-corrected chi connectivity index (χ1v) is 12.6. The largest absolute Gasteiger partial charge is 0.337 e. The van der Waals surface area contributed by atoms with Gasteiger partial charge >= 0.3 is 0 Å². The van der Waals surface area contributed by atoms with Crippen molar-refractivity contribution in [2.75, 3.05) is 18.5 Å². The van der Waals surface area contributed by atoms with E-state index in [4.69, 9.17) is 16.6 Å². The number of nitrogens with zero attached hydrogens (tertiary/aromatic N) is 3. The lowest BCUT2D eigenvalue weighted by Gasteiger charge is -2.17. The topological polar surface area (TPSA) is 35.9 Å². The van der Waals surface area contributed by atoms with E-state index < -0.39 is 0 Å². The van der Waals surface area contributed by atoms with Gasteiger partial charge in [-0.25, -0.2) is 4.99 Å². The summed E-state index contributed by atoms with van der Waals surface area (Å²) in [6.07, 6.45) is 0.765. The molecule has 0 bridgehead atoms. The van der Waals surface area contributed by atoms with Gasteiger partial charge in [0.2, 0.25) is 0 Å². The molecule has 7 heteroatoms. The predicted octanol–water partition coefficient (Wildman–Crippen LogP) is 6.87. The number of carbonyl (C=O) groups is 1. The molecule has 5 rings (SSSR count). The molecule has 0 spiro atoms.